The van der Waals surface area contributed by atoms with Gasteiger partial charge in [0.2, 0.25) is 0 Å². The highest BCUT2D eigenvalue weighted by Gasteiger charge is 2.17. The van der Waals surface area contributed by atoms with Crippen molar-refractivity contribution in [3.8, 4) is 0 Å². The van der Waals surface area contributed by atoms with Crippen LogP contribution in [0.2, 0.25) is 0 Å². The zero-order chi connectivity index (χ0) is 10.8. The lowest BCUT2D eigenvalue weighted by Gasteiger charge is -2.14. The molecular formula is C11H9BrO2S. The molecule has 2 rings (SSSR count). The highest BCUT2D eigenvalue weighted by atomic mass is 79.9. The summed E-state index contributed by atoms with van der Waals surface area (Å²) < 4.78 is 0. The van der Waals surface area contributed by atoms with E-state index < -0.39 is 0 Å². The van der Waals surface area contributed by atoms with Gasteiger partial charge in [-0.15, -0.1) is 11.8 Å². The van der Waals surface area contributed by atoms with Crippen molar-refractivity contribution in [3.63, 3.8) is 0 Å². The number of thioether (sulfide) groups is 1. The normalized spacial score (nSPS) is 14.9. The van der Waals surface area contributed by atoms with E-state index in [4.69, 9.17) is 0 Å². The fourth-order valence-electron chi connectivity index (χ4n) is 1.51. The van der Waals surface area contributed by atoms with E-state index >= 15 is 0 Å². The number of Topliss-reactive ketones (excluding diaryl/α,β-unsaturated/α-hetero) is 2. The molecule has 0 atom stereocenters. The van der Waals surface area contributed by atoms with E-state index in [9.17, 15) is 9.59 Å². The predicted molar refractivity (Wildman–Crippen MR) is 64.0 cm³/mol. The van der Waals surface area contributed by atoms with Crippen molar-refractivity contribution >= 4 is 39.3 Å². The SMILES string of the molecule is O=C1CSc2cc(C(=O)CBr)ccc2C1. The number of rotatable bonds is 2. The Kier molecular flexibility index (Phi) is 3.26. The lowest BCUT2D eigenvalue weighted by molar-refractivity contribution is -0.116. The summed E-state index contributed by atoms with van der Waals surface area (Å²) in [5.41, 5.74) is 1.76. The Labute approximate surface area is 101 Å². The van der Waals surface area contributed by atoms with Crippen LogP contribution in [0.4, 0.5) is 0 Å². The summed E-state index contributed by atoms with van der Waals surface area (Å²) in [5, 5.41) is 0.343. The molecule has 1 aromatic carbocycles. The third-order valence-electron chi connectivity index (χ3n) is 2.29. The maximum atomic E-state index is 11.4. The van der Waals surface area contributed by atoms with Gasteiger partial charge in [-0.05, 0) is 11.6 Å². The van der Waals surface area contributed by atoms with E-state index in [0.29, 0.717) is 23.1 Å². The van der Waals surface area contributed by atoms with E-state index in [2.05, 4.69) is 15.9 Å². The number of halogens is 1. The average molecular weight is 285 g/mol. The maximum absolute atomic E-state index is 11.4. The topological polar surface area (TPSA) is 34.1 Å². The molecule has 2 nitrogen and oxygen atoms in total. The first-order valence-electron chi connectivity index (χ1n) is 4.57. The molecule has 1 heterocycles. The molecule has 0 N–H and O–H groups in total. The molecule has 78 valence electrons. The van der Waals surface area contributed by atoms with Crippen LogP contribution in [0, 0.1) is 0 Å². The van der Waals surface area contributed by atoms with E-state index in [-0.39, 0.29) is 11.6 Å². The monoisotopic (exact) mass is 284 g/mol. The van der Waals surface area contributed by atoms with Crippen LogP contribution in [0.3, 0.4) is 0 Å². The van der Waals surface area contributed by atoms with Crippen LogP contribution in [0.1, 0.15) is 15.9 Å². The van der Waals surface area contributed by atoms with Crippen molar-refractivity contribution in [2.75, 3.05) is 11.1 Å². The minimum absolute atomic E-state index is 0.0790. The van der Waals surface area contributed by atoms with Crippen molar-refractivity contribution in [1.29, 1.82) is 0 Å². The van der Waals surface area contributed by atoms with Crippen molar-refractivity contribution in [3.05, 3.63) is 29.3 Å². The fourth-order valence-corrected chi connectivity index (χ4v) is 2.79. The van der Waals surface area contributed by atoms with Crippen LogP contribution < -0.4 is 0 Å². The first-order valence-corrected chi connectivity index (χ1v) is 6.68. The van der Waals surface area contributed by atoms with Crippen LogP contribution in [0.25, 0.3) is 0 Å². The number of hydrogen-bond acceptors (Lipinski definition) is 3. The minimum atomic E-state index is 0.0790. The molecule has 0 fully saturated rings. The second-order valence-electron chi connectivity index (χ2n) is 3.38. The largest absolute Gasteiger partial charge is 0.298 e. The zero-order valence-corrected chi connectivity index (χ0v) is 10.4. The quantitative estimate of drug-likeness (QED) is 0.618. The third-order valence-corrected chi connectivity index (χ3v) is 3.95. The molecule has 0 unspecified atom stereocenters. The van der Waals surface area contributed by atoms with Gasteiger partial charge in [0.05, 0.1) is 11.1 Å². The van der Waals surface area contributed by atoms with Gasteiger partial charge < -0.3 is 0 Å². The number of fused-ring (bicyclic) bond motifs is 1. The van der Waals surface area contributed by atoms with Gasteiger partial charge in [-0.2, -0.15) is 0 Å². The molecule has 4 heteroatoms. The van der Waals surface area contributed by atoms with E-state index in [0.717, 1.165) is 10.5 Å². The molecule has 0 saturated heterocycles. The summed E-state index contributed by atoms with van der Waals surface area (Å²) in [6.07, 6.45) is 0.505. The van der Waals surface area contributed by atoms with Gasteiger partial charge in [0.1, 0.15) is 5.78 Å². The Morgan fingerprint density at radius 2 is 2.27 bits per heavy atom. The predicted octanol–water partition coefficient (Wildman–Crippen LogP) is 2.48. The molecule has 1 aromatic rings. The summed E-state index contributed by atoms with van der Waals surface area (Å²) in [6, 6.07) is 5.56. The molecule has 0 amide bonds. The first kappa shape index (κ1) is 10.9. The molecule has 0 aliphatic carbocycles. The van der Waals surface area contributed by atoms with Crippen LogP contribution >= 0.6 is 27.7 Å². The molecule has 0 radical (unpaired) electrons. The molecule has 0 spiro atoms. The Bertz CT molecular complexity index is 429. The van der Waals surface area contributed by atoms with Gasteiger partial charge >= 0.3 is 0 Å². The van der Waals surface area contributed by atoms with E-state index in [1.807, 2.05) is 12.1 Å². The van der Waals surface area contributed by atoms with Crippen molar-refractivity contribution in [2.24, 2.45) is 0 Å². The number of hydrogen-bond donors (Lipinski definition) is 0. The highest BCUT2D eigenvalue weighted by molar-refractivity contribution is 9.09. The summed E-state index contributed by atoms with van der Waals surface area (Å²) in [7, 11) is 0. The molecule has 0 bridgehead atoms. The van der Waals surface area contributed by atoms with Crippen LogP contribution in [0.5, 0.6) is 0 Å². The number of benzene rings is 1. The summed E-state index contributed by atoms with van der Waals surface area (Å²) in [6.45, 7) is 0. The number of alkyl halides is 1. The Morgan fingerprint density at radius 1 is 1.47 bits per heavy atom. The van der Waals surface area contributed by atoms with Crippen molar-refractivity contribution < 1.29 is 9.59 Å². The van der Waals surface area contributed by atoms with Crippen molar-refractivity contribution in [1.82, 2.24) is 0 Å². The molecule has 1 aliphatic heterocycles. The van der Waals surface area contributed by atoms with Gasteiger partial charge in [-0.1, -0.05) is 28.1 Å². The summed E-state index contributed by atoms with van der Waals surface area (Å²) >= 11 is 4.67. The van der Waals surface area contributed by atoms with Crippen molar-refractivity contribution in [2.45, 2.75) is 11.3 Å². The molecule has 1 aliphatic rings. The zero-order valence-electron chi connectivity index (χ0n) is 7.96. The standard InChI is InChI=1S/C11H9BrO2S/c12-5-10(14)7-1-2-8-3-9(13)6-15-11(8)4-7/h1-2,4H,3,5-6H2. The minimum Gasteiger partial charge on any atom is -0.298 e. The lowest BCUT2D eigenvalue weighted by atomic mass is 10.0. The van der Waals surface area contributed by atoms with Crippen LogP contribution in [-0.4, -0.2) is 22.6 Å². The van der Waals surface area contributed by atoms with Crippen LogP contribution in [0.15, 0.2) is 23.1 Å². The van der Waals surface area contributed by atoms with Gasteiger partial charge in [0.25, 0.3) is 0 Å². The van der Waals surface area contributed by atoms with Gasteiger partial charge in [0.15, 0.2) is 5.78 Å². The maximum Gasteiger partial charge on any atom is 0.173 e. The second kappa shape index (κ2) is 4.49. The Morgan fingerprint density at radius 3 is 3.00 bits per heavy atom. The van der Waals surface area contributed by atoms with Gasteiger partial charge in [-0.25, -0.2) is 0 Å². The smallest absolute Gasteiger partial charge is 0.173 e. The lowest BCUT2D eigenvalue weighted by Crippen LogP contribution is -2.12. The summed E-state index contributed by atoms with van der Waals surface area (Å²) in [5.74, 6) is 0.862. The number of carbonyl (C=O) groups is 2. The fraction of sp³-hybridized carbons (Fsp3) is 0.273. The summed E-state index contributed by atoms with van der Waals surface area (Å²) in [4.78, 5) is 23.7. The van der Waals surface area contributed by atoms with E-state index in [1.54, 1.807) is 6.07 Å². The third kappa shape index (κ3) is 2.32. The first-order chi connectivity index (χ1) is 7.20. The highest BCUT2D eigenvalue weighted by Crippen LogP contribution is 2.29. The second-order valence-corrected chi connectivity index (χ2v) is 4.96. The molecular weight excluding hydrogens is 276 g/mol. The van der Waals surface area contributed by atoms with Crippen LogP contribution in [-0.2, 0) is 11.2 Å². The average Bonchev–Trinajstić information content (AvgIpc) is 2.27. The number of carbonyl (C=O) groups excluding carboxylic acids is 2. The van der Waals surface area contributed by atoms with Gasteiger partial charge in [0, 0.05) is 16.9 Å². The molecule has 0 saturated carbocycles. The Balaban J connectivity index is 2.34. The molecule has 15 heavy (non-hydrogen) atoms. The van der Waals surface area contributed by atoms with Gasteiger partial charge in [-0.3, -0.25) is 9.59 Å². The van der Waals surface area contributed by atoms with E-state index in [1.165, 1.54) is 11.8 Å². The molecule has 0 aromatic heterocycles. The Hall–Kier alpha value is -0.610. The number of ketones is 2.